The molecular weight excluding hydrogens is 190 g/mol. The van der Waals surface area contributed by atoms with Crippen LogP contribution in [0.1, 0.15) is 31.1 Å². The average Bonchev–Trinajstić information content (AvgIpc) is 2.18. The van der Waals surface area contributed by atoms with E-state index in [4.69, 9.17) is 10.6 Å². The molecule has 1 rings (SSSR count). The number of rotatable bonds is 5. The first-order valence-corrected chi connectivity index (χ1v) is 5.13. The third kappa shape index (κ3) is 3.95. The van der Waals surface area contributed by atoms with Crippen LogP contribution < -0.4 is 11.3 Å². The van der Waals surface area contributed by atoms with Gasteiger partial charge in [-0.3, -0.25) is 10.8 Å². The van der Waals surface area contributed by atoms with E-state index in [0.717, 1.165) is 5.69 Å². The number of hydrogen-bond acceptors (Lipinski definition) is 4. The highest BCUT2D eigenvalue weighted by Gasteiger charge is 2.11. The van der Waals surface area contributed by atoms with Gasteiger partial charge < -0.3 is 4.74 Å². The van der Waals surface area contributed by atoms with E-state index in [1.165, 1.54) is 5.56 Å². The molecule has 15 heavy (non-hydrogen) atoms. The zero-order valence-electron chi connectivity index (χ0n) is 9.53. The summed E-state index contributed by atoms with van der Waals surface area (Å²) in [5, 5.41) is 0. The van der Waals surface area contributed by atoms with Crippen molar-refractivity contribution in [2.45, 2.75) is 32.9 Å². The first kappa shape index (κ1) is 12.1. The Labute approximate surface area is 90.8 Å². The van der Waals surface area contributed by atoms with E-state index in [0.29, 0.717) is 6.61 Å². The molecule has 0 saturated heterocycles. The molecule has 1 atom stereocenters. The summed E-state index contributed by atoms with van der Waals surface area (Å²) in [7, 11) is 0. The molecule has 0 fully saturated rings. The standard InChI is InChI=1S/C11H19N3O/c1-8(2)15-7-11(14-12)10-6-9(3)4-5-13-10/h4-6,8,11,14H,7,12H2,1-3H3. The molecule has 4 heteroatoms. The van der Waals surface area contributed by atoms with Crippen LogP contribution >= 0.6 is 0 Å². The van der Waals surface area contributed by atoms with E-state index in [1.807, 2.05) is 32.9 Å². The van der Waals surface area contributed by atoms with Crippen LogP contribution in [0, 0.1) is 6.92 Å². The molecule has 4 nitrogen and oxygen atoms in total. The molecule has 0 saturated carbocycles. The Hall–Kier alpha value is -0.970. The monoisotopic (exact) mass is 209 g/mol. The number of aryl methyl sites for hydroxylation is 1. The fourth-order valence-electron chi connectivity index (χ4n) is 1.26. The second kappa shape index (κ2) is 5.80. The Kier molecular flexibility index (Phi) is 4.68. The lowest BCUT2D eigenvalue weighted by atomic mass is 10.1. The van der Waals surface area contributed by atoms with Gasteiger partial charge in [0.15, 0.2) is 0 Å². The van der Waals surface area contributed by atoms with Gasteiger partial charge in [0.2, 0.25) is 0 Å². The average molecular weight is 209 g/mol. The SMILES string of the molecule is Cc1ccnc(C(COC(C)C)NN)c1. The van der Waals surface area contributed by atoms with Gasteiger partial charge in [-0.25, -0.2) is 5.43 Å². The maximum absolute atomic E-state index is 5.51. The number of nitrogens with two attached hydrogens (primary N) is 1. The van der Waals surface area contributed by atoms with Crippen LogP contribution in [-0.2, 0) is 4.74 Å². The van der Waals surface area contributed by atoms with Crippen LogP contribution in [0.3, 0.4) is 0 Å². The quantitative estimate of drug-likeness (QED) is 0.567. The number of pyridine rings is 1. The zero-order chi connectivity index (χ0) is 11.3. The van der Waals surface area contributed by atoms with Gasteiger partial charge in [0.25, 0.3) is 0 Å². The van der Waals surface area contributed by atoms with Crippen LogP contribution in [0.2, 0.25) is 0 Å². The summed E-state index contributed by atoms with van der Waals surface area (Å²) >= 11 is 0. The first-order chi connectivity index (χ1) is 7.13. The van der Waals surface area contributed by atoms with Gasteiger partial charge in [-0.15, -0.1) is 0 Å². The highest BCUT2D eigenvalue weighted by molar-refractivity contribution is 5.17. The van der Waals surface area contributed by atoms with Crippen LogP contribution in [-0.4, -0.2) is 17.7 Å². The van der Waals surface area contributed by atoms with Gasteiger partial charge in [-0.1, -0.05) is 0 Å². The minimum absolute atomic E-state index is 0.0488. The Balaban J connectivity index is 2.65. The van der Waals surface area contributed by atoms with E-state index in [1.54, 1.807) is 6.20 Å². The Morgan fingerprint density at radius 1 is 1.53 bits per heavy atom. The fraction of sp³-hybridized carbons (Fsp3) is 0.545. The minimum Gasteiger partial charge on any atom is -0.377 e. The van der Waals surface area contributed by atoms with Crippen molar-refractivity contribution in [1.29, 1.82) is 0 Å². The third-order valence-electron chi connectivity index (χ3n) is 2.09. The molecule has 1 unspecified atom stereocenters. The van der Waals surface area contributed by atoms with Gasteiger partial charge in [0.1, 0.15) is 0 Å². The lowest BCUT2D eigenvalue weighted by molar-refractivity contribution is 0.0603. The topological polar surface area (TPSA) is 60.2 Å². The number of nitrogens with zero attached hydrogens (tertiary/aromatic N) is 1. The predicted molar refractivity (Wildman–Crippen MR) is 60.1 cm³/mol. The summed E-state index contributed by atoms with van der Waals surface area (Å²) < 4.78 is 5.51. The summed E-state index contributed by atoms with van der Waals surface area (Å²) in [6, 6.07) is 3.92. The summed E-state index contributed by atoms with van der Waals surface area (Å²) in [6.07, 6.45) is 1.98. The van der Waals surface area contributed by atoms with Crippen molar-refractivity contribution >= 4 is 0 Å². The lowest BCUT2D eigenvalue weighted by Crippen LogP contribution is -2.32. The minimum atomic E-state index is -0.0488. The maximum Gasteiger partial charge on any atom is 0.0865 e. The van der Waals surface area contributed by atoms with Crippen molar-refractivity contribution in [2.75, 3.05) is 6.61 Å². The van der Waals surface area contributed by atoms with Crippen molar-refractivity contribution in [3.8, 4) is 0 Å². The fourth-order valence-corrected chi connectivity index (χ4v) is 1.26. The molecule has 1 aromatic heterocycles. The Bertz CT molecular complexity index is 302. The van der Waals surface area contributed by atoms with Crippen molar-refractivity contribution in [3.05, 3.63) is 29.6 Å². The largest absolute Gasteiger partial charge is 0.377 e. The Morgan fingerprint density at radius 2 is 2.27 bits per heavy atom. The molecule has 0 radical (unpaired) electrons. The summed E-state index contributed by atoms with van der Waals surface area (Å²) in [4.78, 5) is 4.27. The number of aromatic nitrogens is 1. The summed E-state index contributed by atoms with van der Waals surface area (Å²) in [5.74, 6) is 5.47. The van der Waals surface area contributed by atoms with Crippen molar-refractivity contribution in [2.24, 2.45) is 5.84 Å². The smallest absolute Gasteiger partial charge is 0.0865 e. The van der Waals surface area contributed by atoms with E-state index in [-0.39, 0.29) is 12.1 Å². The van der Waals surface area contributed by atoms with Crippen LogP contribution in [0.5, 0.6) is 0 Å². The number of hydrogen-bond donors (Lipinski definition) is 2. The number of hydrazine groups is 1. The van der Waals surface area contributed by atoms with Gasteiger partial charge in [0.05, 0.1) is 24.4 Å². The van der Waals surface area contributed by atoms with Gasteiger partial charge in [-0.2, -0.15) is 0 Å². The van der Waals surface area contributed by atoms with E-state index < -0.39 is 0 Å². The summed E-state index contributed by atoms with van der Waals surface area (Å²) in [5.41, 5.74) is 4.80. The lowest BCUT2D eigenvalue weighted by Gasteiger charge is -2.17. The van der Waals surface area contributed by atoms with E-state index >= 15 is 0 Å². The van der Waals surface area contributed by atoms with Crippen LogP contribution in [0.4, 0.5) is 0 Å². The maximum atomic E-state index is 5.51. The molecule has 0 aliphatic heterocycles. The van der Waals surface area contributed by atoms with E-state index in [9.17, 15) is 0 Å². The molecule has 1 aromatic rings. The van der Waals surface area contributed by atoms with Crippen LogP contribution in [0.15, 0.2) is 18.3 Å². The highest BCUT2D eigenvalue weighted by atomic mass is 16.5. The van der Waals surface area contributed by atoms with Gasteiger partial charge >= 0.3 is 0 Å². The van der Waals surface area contributed by atoms with Gasteiger partial charge in [-0.05, 0) is 38.5 Å². The molecule has 0 spiro atoms. The number of ether oxygens (including phenoxy) is 1. The molecule has 3 N–H and O–H groups in total. The van der Waals surface area contributed by atoms with Gasteiger partial charge in [0, 0.05) is 6.20 Å². The molecule has 84 valence electrons. The predicted octanol–water partition coefficient (Wildman–Crippen LogP) is 1.32. The molecular formula is C11H19N3O. The van der Waals surface area contributed by atoms with Crippen LogP contribution in [0.25, 0.3) is 0 Å². The van der Waals surface area contributed by atoms with Crippen molar-refractivity contribution < 1.29 is 4.74 Å². The highest BCUT2D eigenvalue weighted by Crippen LogP contribution is 2.11. The Morgan fingerprint density at radius 3 is 2.80 bits per heavy atom. The second-order valence-electron chi connectivity index (χ2n) is 3.86. The molecule has 0 aliphatic rings. The third-order valence-corrected chi connectivity index (χ3v) is 2.09. The molecule has 0 amide bonds. The molecule has 0 aliphatic carbocycles. The first-order valence-electron chi connectivity index (χ1n) is 5.13. The molecule has 0 aromatic carbocycles. The molecule has 1 heterocycles. The second-order valence-corrected chi connectivity index (χ2v) is 3.86. The summed E-state index contributed by atoms with van der Waals surface area (Å²) in [6.45, 7) is 6.56. The zero-order valence-corrected chi connectivity index (χ0v) is 9.53. The van der Waals surface area contributed by atoms with Crippen molar-refractivity contribution in [3.63, 3.8) is 0 Å². The number of nitrogens with one attached hydrogen (secondary N) is 1. The normalized spacial score (nSPS) is 13.1. The van der Waals surface area contributed by atoms with Crippen molar-refractivity contribution in [1.82, 2.24) is 10.4 Å². The molecule has 0 bridgehead atoms. The van der Waals surface area contributed by atoms with E-state index in [2.05, 4.69) is 10.4 Å².